The van der Waals surface area contributed by atoms with Gasteiger partial charge in [0.05, 0.1) is 64.3 Å². The Labute approximate surface area is 535 Å². The van der Waals surface area contributed by atoms with Gasteiger partial charge in [0, 0.05) is 20.9 Å². The van der Waals surface area contributed by atoms with Crippen molar-refractivity contribution in [3.05, 3.63) is 59.7 Å². The minimum atomic E-state index is -1.30. The van der Waals surface area contributed by atoms with E-state index >= 15 is 0 Å². The predicted octanol–water partition coefficient (Wildman–Crippen LogP) is 23.1. The first kappa shape index (κ1) is 82.7. The normalized spacial score (nSPS) is 11.6. The zero-order valence-corrected chi connectivity index (χ0v) is 59.0. The highest BCUT2D eigenvalue weighted by atomic mass is 32.2. The van der Waals surface area contributed by atoms with Crippen LogP contribution in [0.2, 0.25) is 0 Å². The van der Waals surface area contributed by atoms with E-state index in [9.17, 15) is 19.8 Å². The number of benzene rings is 2. The Morgan fingerprint density at radius 1 is 0.259 bits per heavy atom. The molecule has 0 heterocycles. The van der Waals surface area contributed by atoms with Crippen LogP contribution in [0.5, 0.6) is 0 Å². The van der Waals surface area contributed by atoms with Gasteiger partial charge in [-0.1, -0.05) is 309 Å². The van der Waals surface area contributed by atoms with Crippen molar-refractivity contribution in [1.29, 1.82) is 0 Å². The van der Waals surface area contributed by atoms with Gasteiger partial charge < -0.3 is 28.8 Å². The number of rotatable bonds is 60. The molecule has 0 spiro atoms. The molecule has 2 aromatic rings. The number of carboxylic acids is 2. The van der Waals surface area contributed by atoms with E-state index in [1.807, 2.05) is 0 Å². The molecule has 2 rings (SSSR count). The molecule has 0 aliphatic carbocycles. The molecule has 0 fully saturated rings. The molecular weight excluding hydrogens is 1060 g/mol. The standard InChI is InChI=1S/2C32H68N.C14H10O4S/c2*1-5-9-13-17-21-25-29-33(30-26-22-18-14-10-6-2,31-27-23-19-15-11-7-3)32-28-24-20-16-12-8-4;15-13(16)9-5-1-3-7-11(9)19-12-8-4-2-6-10(12)14(17)18/h2*5-32H2,1-4H3;1-8H,(H,15,16)(H,17,18)/q2*+1;/p-2. The second-order valence-corrected chi connectivity index (χ2v) is 27.4. The number of unbranched alkanes of at least 4 members (excludes halogenated alkanes) is 40. The molecule has 6 nitrogen and oxygen atoms in total. The predicted molar refractivity (Wildman–Crippen MR) is 372 cm³/mol. The van der Waals surface area contributed by atoms with Crippen LogP contribution in [0.4, 0.5) is 0 Å². The summed E-state index contributed by atoms with van der Waals surface area (Å²) in [5.74, 6) is -2.59. The van der Waals surface area contributed by atoms with Gasteiger partial charge in [-0.3, -0.25) is 0 Å². The van der Waals surface area contributed by atoms with Crippen LogP contribution in [-0.2, 0) is 0 Å². The Balaban J connectivity index is 0.00000129. The van der Waals surface area contributed by atoms with E-state index in [0.717, 1.165) is 11.8 Å². The van der Waals surface area contributed by atoms with E-state index in [-0.39, 0.29) is 11.1 Å². The molecule has 0 aliphatic rings. The van der Waals surface area contributed by atoms with Crippen molar-refractivity contribution in [3.63, 3.8) is 0 Å². The molecule has 496 valence electrons. The highest BCUT2D eigenvalue weighted by Gasteiger charge is 2.27. The maximum atomic E-state index is 11.0. The topological polar surface area (TPSA) is 80.3 Å². The summed E-state index contributed by atoms with van der Waals surface area (Å²) in [5.41, 5.74) is 0.0568. The average molecular weight is 1210 g/mol. The van der Waals surface area contributed by atoms with Crippen molar-refractivity contribution in [2.45, 2.75) is 373 Å². The van der Waals surface area contributed by atoms with Gasteiger partial charge in [0.15, 0.2) is 0 Å². The molecular formula is C78H144N2O4S. The maximum absolute atomic E-state index is 11.0. The molecule has 0 unspecified atom stereocenters. The summed E-state index contributed by atoms with van der Waals surface area (Å²) in [6, 6.07) is 12.6. The van der Waals surface area contributed by atoms with Crippen LogP contribution >= 0.6 is 11.8 Å². The summed E-state index contributed by atoms with van der Waals surface area (Å²) >= 11 is 1.06. The Kier molecular flexibility index (Phi) is 60.2. The van der Waals surface area contributed by atoms with Gasteiger partial charge in [0.1, 0.15) is 0 Å². The zero-order chi connectivity index (χ0) is 62.4. The molecule has 0 N–H and O–H groups in total. The lowest BCUT2D eigenvalue weighted by atomic mass is 10.0. The molecule has 0 saturated carbocycles. The smallest absolute Gasteiger partial charge is 0.0786 e. The molecule has 0 radical (unpaired) electrons. The van der Waals surface area contributed by atoms with Crippen molar-refractivity contribution < 1.29 is 28.8 Å². The molecule has 0 atom stereocenters. The van der Waals surface area contributed by atoms with E-state index in [1.165, 1.54) is 382 Å². The van der Waals surface area contributed by atoms with Crippen molar-refractivity contribution >= 4 is 23.7 Å². The van der Waals surface area contributed by atoms with Gasteiger partial charge in [0.25, 0.3) is 0 Å². The van der Waals surface area contributed by atoms with Gasteiger partial charge >= 0.3 is 0 Å². The van der Waals surface area contributed by atoms with Gasteiger partial charge in [-0.15, -0.1) is 0 Å². The van der Waals surface area contributed by atoms with Crippen LogP contribution in [0, 0.1) is 0 Å². The van der Waals surface area contributed by atoms with Crippen molar-refractivity contribution in [2.75, 3.05) is 52.4 Å². The molecule has 0 aliphatic heterocycles. The Morgan fingerprint density at radius 3 is 0.576 bits per heavy atom. The Morgan fingerprint density at radius 2 is 0.412 bits per heavy atom. The fourth-order valence-electron chi connectivity index (χ4n) is 12.7. The van der Waals surface area contributed by atoms with E-state index < -0.39 is 11.9 Å². The van der Waals surface area contributed by atoms with Crippen molar-refractivity contribution in [2.24, 2.45) is 0 Å². The van der Waals surface area contributed by atoms with E-state index in [0.29, 0.717) is 9.79 Å². The highest BCUT2D eigenvalue weighted by molar-refractivity contribution is 7.99. The number of carbonyl (C=O) groups is 2. The summed E-state index contributed by atoms with van der Waals surface area (Å²) in [4.78, 5) is 22.8. The number of nitrogens with zero attached hydrogens (tertiary/aromatic N) is 2. The van der Waals surface area contributed by atoms with Gasteiger partial charge in [0.2, 0.25) is 0 Å². The SMILES string of the molecule is CCCCCCCC[N+](CCCCCCCC)(CCCCCCCC)CCCCCCCC.CCCCCCCC[N+](CCCCCCCC)(CCCCCCCC)CCCCCCCC.O=C([O-])c1ccccc1Sc1ccccc1C(=O)[O-]. The van der Waals surface area contributed by atoms with Gasteiger partial charge in [-0.2, -0.15) is 0 Å². The lowest BCUT2D eigenvalue weighted by Gasteiger charge is -2.40. The van der Waals surface area contributed by atoms with E-state index in [2.05, 4.69) is 55.4 Å². The molecule has 0 aromatic heterocycles. The van der Waals surface area contributed by atoms with Crippen molar-refractivity contribution in [3.8, 4) is 0 Å². The number of hydrogen-bond acceptors (Lipinski definition) is 5. The lowest BCUT2D eigenvalue weighted by Crippen LogP contribution is -2.50. The van der Waals surface area contributed by atoms with Crippen LogP contribution in [-0.4, -0.2) is 73.3 Å². The molecule has 0 bridgehead atoms. The Bertz CT molecular complexity index is 1470. The van der Waals surface area contributed by atoms with Crippen LogP contribution in [0.15, 0.2) is 58.3 Å². The number of aromatic carboxylic acids is 2. The van der Waals surface area contributed by atoms with Gasteiger partial charge in [-0.05, 0) is 115 Å². The number of quaternary nitrogens is 2. The van der Waals surface area contributed by atoms with E-state index in [1.54, 1.807) is 36.4 Å². The number of hydrogen-bond donors (Lipinski definition) is 0. The lowest BCUT2D eigenvalue weighted by molar-refractivity contribution is -0.929. The molecule has 0 saturated heterocycles. The summed E-state index contributed by atoms with van der Waals surface area (Å²) in [6.45, 7) is 30.5. The summed E-state index contributed by atoms with van der Waals surface area (Å²) < 4.78 is 2.95. The largest absolute Gasteiger partial charge is 0.545 e. The van der Waals surface area contributed by atoms with Crippen LogP contribution in [0.3, 0.4) is 0 Å². The summed E-state index contributed by atoms with van der Waals surface area (Å²) in [7, 11) is 0. The number of carbonyl (C=O) groups excluding carboxylic acids is 2. The maximum Gasteiger partial charge on any atom is 0.0786 e. The number of carboxylic acid groups (broad SMARTS) is 2. The third-order valence-corrected chi connectivity index (χ3v) is 19.5. The minimum Gasteiger partial charge on any atom is -0.545 e. The monoisotopic (exact) mass is 1210 g/mol. The third-order valence-electron chi connectivity index (χ3n) is 18.3. The first-order chi connectivity index (χ1) is 41.6. The highest BCUT2D eigenvalue weighted by Crippen LogP contribution is 2.33. The zero-order valence-electron chi connectivity index (χ0n) is 58.2. The first-order valence-electron chi connectivity index (χ1n) is 37.6. The Hall–Kier alpha value is -2.35. The summed E-state index contributed by atoms with van der Waals surface area (Å²) in [6.07, 6.45) is 69.5. The minimum absolute atomic E-state index is 0.0284. The molecule has 85 heavy (non-hydrogen) atoms. The fourth-order valence-corrected chi connectivity index (χ4v) is 13.8. The average Bonchev–Trinajstić information content (AvgIpc) is 3.70. The van der Waals surface area contributed by atoms with Crippen LogP contribution in [0.25, 0.3) is 0 Å². The first-order valence-corrected chi connectivity index (χ1v) is 38.4. The quantitative estimate of drug-likeness (QED) is 0.0487. The molecule has 7 heteroatoms. The van der Waals surface area contributed by atoms with Gasteiger partial charge in [-0.25, -0.2) is 0 Å². The summed E-state index contributed by atoms with van der Waals surface area (Å²) in [5, 5.41) is 22.0. The van der Waals surface area contributed by atoms with Crippen molar-refractivity contribution in [1.82, 2.24) is 0 Å². The second-order valence-electron chi connectivity index (χ2n) is 26.3. The molecule has 0 amide bonds. The second kappa shape index (κ2) is 61.9. The molecule has 2 aromatic carbocycles. The van der Waals surface area contributed by atoms with E-state index in [4.69, 9.17) is 0 Å². The third kappa shape index (κ3) is 48.2. The fraction of sp³-hybridized carbons (Fsp3) is 0.821. The van der Waals surface area contributed by atoms with Crippen LogP contribution < -0.4 is 10.2 Å². The van der Waals surface area contributed by atoms with Crippen LogP contribution in [0.1, 0.15) is 384 Å².